The van der Waals surface area contributed by atoms with E-state index in [-0.39, 0.29) is 5.82 Å². The van der Waals surface area contributed by atoms with Gasteiger partial charge in [0.05, 0.1) is 16.4 Å². The van der Waals surface area contributed by atoms with Crippen molar-refractivity contribution >= 4 is 27.8 Å². The molecular formula is C31H29FN8. The number of aromatic nitrogens is 6. The number of nitrogens with one attached hydrogen (secondary N) is 3. The number of imidazole rings is 1. The van der Waals surface area contributed by atoms with E-state index in [4.69, 9.17) is 4.98 Å². The van der Waals surface area contributed by atoms with Crippen molar-refractivity contribution in [3.8, 4) is 22.6 Å². The first kappa shape index (κ1) is 24.4. The van der Waals surface area contributed by atoms with Crippen LogP contribution in [0.5, 0.6) is 0 Å². The summed E-state index contributed by atoms with van der Waals surface area (Å²) in [5, 5.41) is 11.3. The standard InChI is InChI=1S/C31H29FN8/c32-27-23(22-15-21(18-34-19-22)17-33-16-20-7-3-1-4-8-20)9-10-24-26(27)29(39-38-24)30-36-25-11-12-35-31(28(25)37-30)40-13-5-2-6-14-40/h1,3-4,7-12,15,18-19,33H,2,5-6,13-14,16-17H2,(H,36,37)(H,38,39). The van der Waals surface area contributed by atoms with Crippen LogP contribution in [0.1, 0.15) is 30.4 Å². The molecule has 0 saturated carbocycles. The van der Waals surface area contributed by atoms with Crippen molar-refractivity contribution in [2.75, 3.05) is 18.0 Å². The maximum absolute atomic E-state index is 16.2. The molecule has 5 heterocycles. The van der Waals surface area contributed by atoms with E-state index >= 15 is 4.39 Å². The van der Waals surface area contributed by atoms with E-state index in [0.717, 1.165) is 54.9 Å². The van der Waals surface area contributed by atoms with Gasteiger partial charge in [-0.3, -0.25) is 10.1 Å². The fourth-order valence-electron chi connectivity index (χ4n) is 5.52. The molecule has 0 radical (unpaired) electrons. The average Bonchev–Trinajstić information content (AvgIpc) is 3.63. The lowest BCUT2D eigenvalue weighted by atomic mass is 10.0. The predicted octanol–water partition coefficient (Wildman–Crippen LogP) is 5.98. The third kappa shape index (κ3) is 4.58. The molecule has 4 aromatic heterocycles. The van der Waals surface area contributed by atoms with Crippen LogP contribution in [0, 0.1) is 5.82 Å². The molecule has 0 bridgehead atoms. The molecule has 6 aromatic rings. The summed E-state index contributed by atoms with van der Waals surface area (Å²) >= 11 is 0. The van der Waals surface area contributed by atoms with Gasteiger partial charge in [0.25, 0.3) is 0 Å². The van der Waals surface area contributed by atoms with Crippen LogP contribution in [-0.4, -0.2) is 43.2 Å². The Balaban J connectivity index is 1.21. The number of fused-ring (bicyclic) bond motifs is 2. The van der Waals surface area contributed by atoms with Gasteiger partial charge in [-0.1, -0.05) is 30.3 Å². The Morgan fingerprint density at radius 3 is 2.62 bits per heavy atom. The van der Waals surface area contributed by atoms with Crippen LogP contribution in [-0.2, 0) is 13.1 Å². The van der Waals surface area contributed by atoms with Crippen molar-refractivity contribution < 1.29 is 4.39 Å². The molecule has 7 rings (SSSR count). The molecule has 0 unspecified atom stereocenters. The molecule has 8 nitrogen and oxygen atoms in total. The molecule has 0 aliphatic carbocycles. The monoisotopic (exact) mass is 532 g/mol. The maximum atomic E-state index is 16.2. The fourth-order valence-corrected chi connectivity index (χ4v) is 5.52. The Labute approximate surface area is 230 Å². The molecule has 3 N–H and O–H groups in total. The Kier molecular flexibility index (Phi) is 6.41. The van der Waals surface area contributed by atoms with Crippen LogP contribution in [0.2, 0.25) is 0 Å². The molecule has 1 saturated heterocycles. The molecule has 1 aliphatic rings. The second kappa shape index (κ2) is 10.5. The highest BCUT2D eigenvalue weighted by Gasteiger charge is 2.22. The number of pyridine rings is 2. The highest BCUT2D eigenvalue weighted by molar-refractivity contribution is 5.97. The first-order valence-corrected chi connectivity index (χ1v) is 13.7. The zero-order valence-electron chi connectivity index (χ0n) is 22.0. The number of rotatable bonds is 7. The summed E-state index contributed by atoms with van der Waals surface area (Å²) in [5.41, 5.74) is 6.08. The molecule has 200 valence electrons. The molecule has 0 amide bonds. The third-order valence-electron chi connectivity index (χ3n) is 7.54. The van der Waals surface area contributed by atoms with E-state index in [1.54, 1.807) is 18.5 Å². The van der Waals surface area contributed by atoms with Crippen LogP contribution in [0.25, 0.3) is 44.6 Å². The second-order valence-corrected chi connectivity index (χ2v) is 10.3. The van der Waals surface area contributed by atoms with E-state index < -0.39 is 0 Å². The van der Waals surface area contributed by atoms with Crippen LogP contribution >= 0.6 is 0 Å². The smallest absolute Gasteiger partial charge is 0.159 e. The van der Waals surface area contributed by atoms with Gasteiger partial charge in [-0.25, -0.2) is 14.4 Å². The van der Waals surface area contributed by atoms with Crippen molar-refractivity contribution in [2.24, 2.45) is 0 Å². The van der Waals surface area contributed by atoms with Gasteiger partial charge >= 0.3 is 0 Å². The van der Waals surface area contributed by atoms with Crippen LogP contribution in [0.4, 0.5) is 10.2 Å². The summed E-state index contributed by atoms with van der Waals surface area (Å²) < 4.78 is 16.2. The van der Waals surface area contributed by atoms with Crippen molar-refractivity contribution in [3.05, 3.63) is 90.1 Å². The first-order valence-electron chi connectivity index (χ1n) is 13.7. The lowest BCUT2D eigenvalue weighted by Crippen LogP contribution is -2.30. The number of H-pyrrole nitrogens is 2. The number of piperidine rings is 1. The van der Waals surface area contributed by atoms with Crippen molar-refractivity contribution in [1.29, 1.82) is 0 Å². The lowest BCUT2D eigenvalue weighted by Gasteiger charge is -2.27. The van der Waals surface area contributed by atoms with E-state index in [1.807, 2.05) is 42.6 Å². The lowest BCUT2D eigenvalue weighted by molar-refractivity contribution is 0.574. The van der Waals surface area contributed by atoms with Crippen molar-refractivity contribution in [1.82, 2.24) is 35.5 Å². The highest BCUT2D eigenvalue weighted by Crippen LogP contribution is 2.35. The SMILES string of the molecule is Fc1c(-c2cncc(CNCc3ccccc3)c2)ccc2[nH]nc(-c3nc4c(N5CCCCC5)nccc4[nH]3)c12. The van der Waals surface area contributed by atoms with Gasteiger partial charge in [-0.15, -0.1) is 0 Å². The van der Waals surface area contributed by atoms with Gasteiger partial charge in [0.1, 0.15) is 17.0 Å². The Morgan fingerprint density at radius 2 is 1.75 bits per heavy atom. The third-order valence-corrected chi connectivity index (χ3v) is 7.54. The van der Waals surface area contributed by atoms with Crippen molar-refractivity contribution in [3.63, 3.8) is 0 Å². The van der Waals surface area contributed by atoms with E-state index in [0.29, 0.717) is 40.1 Å². The van der Waals surface area contributed by atoms with Crippen LogP contribution in [0.15, 0.2) is 73.2 Å². The molecule has 0 atom stereocenters. The largest absolute Gasteiger partial charge is 0.355 e. The van der Waals surface area contributed by atoms with Gasteiger partial charge in [0.2, 0.25) is 0 Å². The molecule has 1 aliphatic heterocycles. The van der Waals surface area contributed by atoms with Crippen molar-refractivity contribution in [2.45, 2.75) is 32.4 Å². The van der Waals surface area contributed by atoms with Gasteiger partial charge in [-0.05, 0) is 54.7 Å². The molecular weight excluding hydrogens is 503 g/mol. The number of anilines is 1. The minimum atomic E-state index is -0.354. The van der Waals surface area contributed by atoms with Gasteiger partial charge < -0.3 is 15.2 Å². The summed E-state index contributed by atoms with van der Waals surface area (Å²) in [4.78, 5) is 19.5. The average molecular weight is 533 g/mol. The van der Waals surface area contributed by atoms with Gasteiger partial charge in [0.15, 0.2) is 11.6 Å². The van der Waals surface area contributed by atoms with Gasteiger partial charge in [0, 0.05) is 55.9 Å². The topological polar surface area (TPSA) is 98.4 Å². The summed E-state index contributed by atoms with van der Waals surface area (Å²) in [7, 11) is 0. The number of halogens is 1. The first-order chi connectivity index (χ1) is 19.7. The van der Waals surface area contributed by atoms with E-state index in [1.165, 1.54) is 12.0 Å². The Bertz CT molecular complexity index is 1790. The number of hydrogen-bond acceptors (Lipinski definition) is 6. The summed E-state index contributed by atoms with van der Waals surface area (Å²) in [6, 6.07) is 17.7. The summed E-state index contributed by atoms with van der Waals surface area (Å²) in [6.07, 6.45) is 8.83. The molecule has 40 heavy (non-hydrogen) atoms. The quantitative estimate of drug-likeness (QED) is 0.234. The van der Waals surface area contributed by atoms with E-state index in [9.17, 15) is 0 Å². The molecule has 9 heteroatoms. The molecule has 2 aromatic carbocycles. The van der Waals surface area contributed by atoms with E-state index in [2.05, 4.69) is 47.5 Å². The summed E-state index contributed by atoms with van der Waals surface area (Å²) in [5.74, 6) is 1.03. The Hall–Kier alpha value is -4.63. The number of benzene rings is 2. The summed E-state index contributed by atoms with van der Waals surface area (Å²) in [6.45, 7) is 3.30. The number of aromatic amines is 2. The minimum Gasteiger partial charge on any atom is -0.355 e. The normalized spacial score (nSPS) is 13.9. The predicted molar refractivity (Wildman–Crippen MR) is 155 cm³/mol. The molecule has 1 fully saturated rings. The van der Waals surface area contributed by atoms with Gasteiger partial charge in [-0.2, -0.15) is 5.10 Å². The highest BCUT2D eigenvalue weighted by atomic mass is 19.1. The number of hydrogen-bond donors (Lipinski definition) is 3. The zero-order chi connectivity index (χ0) is 26.9. The van der Waals surface area contributed by atoms with Crippen LogP contribution < -0.4 is 10.2 Å². The second-order valence-electron chi connectivity index (χ2n) is 10.3. The molecule has 0 spiro atoms. The minimum absolute atomic E-state index is 0.354. The zero-order valence-corrected chi connectivity index (χ0v) is 22.0. The number of nitrogens with zero attached hydrogens (tertiary/aromatic N) is 5. The fraction of sp³-hybridized carbons (Fsp3) is 0.226. The Morgan fingerprint density at radius 1 is 0.900 bits per heavy atom. The van der Waals surface area contributed by atoms with Crippen LogP contribution in [0.3, 0.4) is 0 Å². The maximum Gasteiger partial charge on any atom is 0.159 e.